The third kappa shape index (κ3) is 2.67. The minimum Gasteiger partial charge on any atom is -0.480 e. The van der Waals surface area contributed by atoms with Crippen LogP contribution in [0.4, 0.5) is 5.13 Å². The molecule has 0 saturated carbocycles. The quantitative estimate of drug-likeness (QED) is 0.833. The molecule has 0 aromatic carbocycles. The van der Waals surface area contributed by atoms with E-state index in [9.17, 15) is 9.59 Å². The van der Waals surface area contributed by atoms with Crippen LogP contribution >= 0.6 is 11.3 Å². The summed E-state index contributed by atoms with van der Waals surface area (Å²) in [6.45, 7) is -0.258. The fourth-order valence-electron chi connectivity index (χ4n) is 1.29. The van der Waals surface area contributed by atoms with E-state index in [2.05, 4.69) is 15.5 Å². The van der Waals surface area contributed by atoms with Crippen molar-refractivity contribution in [1.82, 2.24) is 14.8 Å². The van der Waals surface area contributed by atoms with E-state index in [0.29, 0.717) is 5.13 Å². The molecular weight excluding hydrogens is 244 g/mol. The lowest BCUT2D eigenvalue weighted by Gasteiger charge is -2.05. The smallest absolute Gasteiger partial charge is 0.323 e. The van der Waals surface area contributed by atoms with Crippen LogP contribution < -0.4 is 5.32 Å². The van der Waals surface area contributed by atoms with Crippen molar-refractivity contribution in [1.29, 1.82) is 0 Å². The summed E-state index contributed by atoms with van der Waals surface area (Å²) in [4.78, 5) is 22.4. The van der Waals surface area contributed by atoms with E-state index in [1.807, 2.05) is 0 Å². The van der Waals surface area contributed by atoms with Crippen LogP contribution in [0.1, 0.15) is 10.5 Å². The lowest BCUT2D eigenvalue weighted by atomic mass is 10.4. The van der Waals surface area contributed by atoms with Crippen LogP contribution in [0.3, 0.4) is 0 Å². The van der Waals surface area contributed by atoms with Crippen molar-refractivity contribution in [2.24, 2.45) is 0 Å². The molecule has 0 spiro atoms. The Balaban J connectivity index is 2.14. The fraction of sp³-hybridized carbons (Fsp3) is 0.111. The van der Waals surface area contributed by atoms with Gasteiger partial charge in [0, 0.05) is 6.20 Å². The van der Waals surface area contributed by atoms with Gasteiger partial charge < -0.3 is 9.67 Å². The number of carbonyl (C=O) groups excluding carboxylic acids is 1. The molecule has 2 aromatic rings. The van der Waals surface area contributed by atoms with Gasteiger partial charge >= 0.3 is 5.97 Å². The first-order valence-electron chi connectivity index (χ1n) is 4.61. The first-order valence-corrected chi connectivity index (χ1v) is 5.49. The second kappa shape index (κ2) is 4.74. The fourth-order valence-corrected chi connectivity index (χ4v) is 1.73. The number of carboxylic acids is 1. The molecule has 0 bridgehead atoms. The van der Waals surface area contributed by atoms with Gasteiger partial charge in [-0.3, -0.25) is 14.9 Å². The summed E-state index contributed by atoms with van der Waals surface area (Å²) in [5.74, 6) is -1.42. The molecule has 0 saturated heterocycles. The standard InChI is InChI=1S/C9H8N4O3S/c14-7(15)4-13-3-1-2-6(13)8(16)11-9-12-10-5-17-9/h1-3,5H,4H2,(H,14,15)(H,11,12,16). The maximum atomic E-state index is 11.8. The molecular formula is C9H8N4O3S. The third-order valence-electron chi connectivity index (χ3n) is 1.95. The number of nitrogens with one attached hydrogen (secondary N) is 1. The molecule has 1 amide bonds. The number of rotatable bonds is 4. The van der Waals surface area contributed by atoms with Gasteiger partial charge in [-0.25, -0.2) is 0 Å². The maximum Gasteiger partial charge on any atom is 0.323 e. The zero-order valence-corrected chi connectivity index (χ0v) is 9.35. The number of hydrogen-bond donors (Lipinski definition) is 2. The topological polar surface area (TPSA) is 97.1 Å². The SMILES string of the molecule is O=C(O)Cn1cccc1C(=O)Nc1nncs1. The predicted molar refractivity (Wildman–Crippen MR) is 59.9 cm³/mol. The molecule has 2 heterocycles. The van der Waals surface area contributed by atoms with E-state index >= 15 is 0 Å². The minimum absolute atomic E-state index is 0.258. The lowest BCUT2D eigenvalue weighted by Crippen LogP contribution is -2.19. The Hall–Kier alpha value is -2.22. The number of carbonyl (C=O) groups is 2. The Bertz CT molecular complexity index is 534. The van der Waals surface area contributed by atoms with Crippen LogP contribution in [0.5, 0.6) is 0 Å². The van der Waals surface area contributed by atoms with Crippen molar-refractivity contribution in [2.45, 2.75) is 6.54 Å². The number of aromatic nitrogens is 3. The highest BCUT2D eigenvalue weighted by Gasteiger charge is 2.13. The number of amides is 1. The molecule has 7 nitrogen and oxygen atoms in total. The summed E-state index contributed by atoms with van der Waals surface area (Å²) in [5.41, 5.74) is 1.76. The summed E-state index contributed by atoms with van der Waals surface area (Å²) in [6, 6.07) is 3.15. The van der Waals surface area contributed by atoms with Crippen molar-refractivity contribution < 1.29 is 14.7 Å². The van der Waals surface area contributed by atoms with Crippen LogP contribution in [0.2, 0.25) is 0 Å². The molecule has 0 aliphatic rings. The molecule has 0 unspecified atom stereocenters. The van der Waals surface area contributed by atoms with Gasteiger partial charge in [0.05, 0.1) is 0 Å². The molecule has 0 fully saturated rings. The van der Waals surface area contributed by atoms with Crippen molar-refractivity contribution in [3.8, 4) is 0 Å². The van der Waals surface area contributed by atoms with Crippen LogP contribution in [-0.4, -0.2) is 31.7 Å². The Morgan fingerprint density at radius 2 is 2.35 bits per heavy atom. The van der Waals surface area contributed by atoms with Gasteiger partial charge in [0.25, 0.3) is 5.91 Å². The Morgan fingerprint density at radius 1 is 1.53 bits per heavy atom. The lowest BCUT2D eigenvalue weighted by molar-refractivity contribution is -0.137. The average molecular weight is 252 g/mol. The molecule has 8 heteroatoms. The number of nitrogens with zero attached hydrogens (tertiary/aromatic N) is 3. The van der Waals surface area contributed by atoms with Crippen LogP contribution in [0.15, 0.2) is 23.8 Å². The zero-order chi connectivity index (χ0) is 12.3. The van der Waals surface area contributed by atoms with Crippen molar-refractivity contribution >= 4 is 28.3 Å². The maximum absolute atomic E-state index is 11.8. The first kappa shape index (κ1) is 11.3. The largest absolute Gasteiger partial charge is 0.480 e. The third-order valence-corrected chi connectivity index (χ3v) is 2.55. The van der Waals surface area contributed by atoms with Gasteiger partial charge in [-0.1, -0.05) is 11.3 Å². The molecule has 88 valence electrons. The second-order valence-electron chi connectivity index (χ2n) is 3.11. The van der Waals surface area contributed by atoms with E-state index in [0.717, 1.165) is 0 Å². The van der Waals surface area contributed by atoms with Crippen LogP contribution in [0.25, 0.3) is 0 Å². The van der Waals surface area contributed by atoms with E-state index in [4.69, 9.17) is 5.11 Å². The molecule has 0 aliphatic heterocycles. The van der Waals surface area contributed by atoms with Crippen molar-refractivity contribution in [2.75, 3.05) is 5.32 Å². The van der Waals surface area contributed by atoms with Gasteiger partial charge in [-0.05, 0) is 12.1 Å². The summed E-state index contributed by atoms with van der Waals surface area (Å²) in [6.07, 6.45) is 1.53. The van der Waals surface area contributed by atoms with E-state index in [1.54, 1.807) is 12.1 Å². The van der Waals surface area contributed by atoms with Gasteiger partial charge in [-0.2, -0.15) is 0 Å². The molecule has 17 heavy (non-hydrogen) atoms. The summed E-state index contributed by atoms with van der Waals surface area (Å²) < 4.78 is 1.35. The zero-order valence-electron chi connectivity index (χ0n) is 8.53. The van der Waals surface area contributed by atoms with Gasteiger partial charge in [-0.15, -0.1) is 10.2 Å². The monoisotopic (exact) mass is 252 g/mol. The summed E-state index contributed by atoms with van der Waals surface area (Å²) in [7, 11) is 0. The molecule has 2 aromatic heterocycles. The average Bonchev–Trinajstić information content (AvgIpc) is 2.87. The predicted octanol–water partition coefficient (Wildman–Crippen LogP) is 0.676. The van der Waals surface area contributed by atoms with E-state index in [-0.39, 0.29) is 12.2 Å². The minimum atomic E-state index is -1.01. The summed E-state index contributed by atoms with van der Waals surface area (Å²) >= 11 is 1.19. The van der Waals surface area contributed by atoms with Crippen molar-refractivity contribution in [3.63, 3.8) is 0 Å². The van der Waals surface area contributed by atoms with E-state index < -0.39 is 11.9 Å². The number of hydrogen-bond acceptors (Lipinski definition) is 5. The Labute approximate surface area is 99.7 Å². The summed E-state index contributed by atoms with van der Waals surface area (Å²) in [5, 5.41) is 18.8. The number of anilines is 1. The number of aliphatic carboxylic acids is 1. The molecule has 0 radical (unpaired) electrons. The van der Waals surface area contributed by atoms with Crippen LogP contribution in [-0.2, 0) is 11.3 Å². The number of carboxylic acid groups (broad SMARTS) is 1. The molecule has 2 N–H and O–H groups in total. The van der Waals surface area contributed by atoms with Gasteiger partial charge in [0.15, 0.2) is 0 Å². The van der Waals surface area contributed by atoms with Crippen molar-refractivity contribution in [3.05, 3.63) is 29.5 Å². The highest BCUT2D eigenvalue weighted by atomic mass is 32.1. The molecule has 0 aliphatic carbocycles. The van der Waals surface area contributed by atoms with Gasteiger partial charge in [0.2, 0.25) is 5.13 Å². The first-order chi connectivity index (χ1) is 8.16. The second-order valence-corrected chi connectivity index (χ2v) is 3.95. The molecule has 2 rings (SSSR count). The van der Waals surface area contributed by atoms with Gasteiger partial charge in [0.1, 0.15) is 17.7 Å². The Kier molecular flexibility index (Phi) is 3.15. The van der Waals surface area contributed by atoms with Crippen LogP contribution in [0, 0.1) is 0 Å². The molecule has 0 atom stereocenters. The highest BCUT2D eigenvalue weighted by Crippen LogP contribution is 2.11. The van der Waals surface area contributed by atoms with E-state index in [1.165, 1.54) is 27.6 Å². The highest BCUT2D eigenvalue weighted by molar-refractivity contribution is 7.13. The Morgan fingerprint density at radius 3 is 3.00 bits per heavy atom. The normalized spacial score (nSPS) is 10.1.